The van der Waals surface area contributed by atoms with Crippen molar-refractivity contribution < 1.29 is 0 Å². The SMILES string of the molecule is CC(C)C(C)Nc1ccccc1CN1CCCC1. The molecule has 1 atom stereocenters. The Labute approximate surface area is 111 Å². The largest absolute Gasteiger partial charge is 0.382 e. The highest BCUT2D eigenvalue weighted by atomic mass is 15.1. The van der Waals surface area contributed by atoms with E-state index in [1.54, 1.807) is 0 Å². The van der Waals surface area contributed by atoms with Gasteiger partial charge in [0.1, 0.15) is 0 Å². The first kappa shape index (κ1) is 13.4. The molecule has 1 N–H and O–H groups in total. The van der Waals surface area contributed by atoms with Gasteiger partial charge in [0.15, 0.2) is 0 Å². The van der Waals surface area contributed by atoms with Gasteiger partial charge in [0, 0.05) is 18.3 Å². The summed E-state index contributed by atoms with van der Waals surface area (Å²) in [5.74, 6) is 0.657. The first-order valence-electron chi connectivity index (χ1n) is 7.23. The van der Waals surface area contributed by atoms with E-state index in [1.807, 2.05) is 0 Å². The predicted octanol–water partition coefficient (Wildman–Crippen LogP) is 3.74. The molecule has 0 bridgehead atoms. The topological polar surface area (TPSA) is 15.3 Å². The first-order valence-corrected chi connectivity index (χ1v) is 7.23. The van der Waals surface area contributed by atoms with Crippen LogP contribution in [0.2, 0.25) is 0 Å². The highest BCUT2D eigenvalue weighted by molar-refractivity contribution is 5.51. The lowest BCUT2D eigenvalue weighted by atomic mass is 10.0. The van der Waals surface area contributed by atoms with E-state index in [9.17, 15) is 0 Å². The van der Waals surface area contributed by atoms with Crippen molar-refractivity contribution in [2.45, 2.75) is 46.2 Å². The molecule has 2 rings (SSSR count). The van der Waals surface area contributed by atoms with Crippen LogP contribution in [-0.2, 0) is 6.54 Å². The standard InChI is InChI=1S/C16H26N2/c1-13(2)14(3)17-16-9-5-4-8-15(16)12-18-10-6-7-11-18/h4-5,8-9,13-14,17H,6-7,10-12H2,1-3H3. The molecule has 1 aromatic rings. The second kappa shape index (κ2) is 6.24. The van der Waals surface area contributed by atoms with Crippen LogP contribution in [0.4, 0.5) is 5.69 Å². The van der Waals surface area contributed by atoms with Crippen molar-refractivity contribution in [3.05, 3.63) is 29.8 Å². The van der Waals surface area contributed by atoms with Crippen molar-refractivity contribution in [3.63, 3.8) is 0 Å². The molecule has 0 saturated carbocycles. The Morgan fingerprint density at radius 1 is 1.11 bits per heavy atom. The quantitative estimate of drug-likeness (QED) is 0.851. The normalized spacial score (nSPS) is 18.2. The summed E-state index contributed by atoms with van der Waals surface area (Å²) < 4.78 is 0. The number of anilines is 1. The Balaban J connectivity index is 2.04. The molecular weight excluding hydrogens is 220 g/mol. The second-order valence-electron chi connectivity index (χ2n) is 5.82. The molecule has 0 amide bonds. The van der Waals surface area contributed by atoms with E-state index in [4.69, 9.17) is 0 Å². The van der Waals surface area contributed by atoms with E-state index in [1.165, 1.54) is 37.2 Å². The Bertz CT molecular complexity index is 344. The fourth-order valence-electron chi connectivity index (χ4n) is 2.39. The third kappa shape index (κ3) is 3.49. The molecule has 100 valence electrons. The number of hydrogen-bond donors (Lipinski definition) is 1. The molecule has 0 radical (unpaired) electrons. The molecule has 1 aliphatic rings. The first-order chi connectivity index (χ1) is 8.66. The third-order valence-electron chi connectivity index (χ3n) is 3.99. The van der Waals surface area contributed by atoms with Gasteiger partial charge in [0.05, 0.1) is 0 Å². The predicted molar refractivity (Wildman–Crippen MR) is 78.9 cm³/mol. The summed E-state index contributed by atoms with van der Waals surface area (Å²) in [5.41, 5.74) is 2.75. The maximum Gasteiger partial charge on any atom is 0.0388 e. The van der Waals surface area contributed by atoms with Crippen molar-refractivity contribution >= 4 is 5.69 Å². The number of likely N-dealkylation sites (tertiary alicyclic amines) is 1. The number of rotatable bonds is 5. The molecule has 18 heavy (non-hydrogen) atoms. The molecule has 2 nitrogen and oxygen atoms in total. The van der Waals surface area contributed by atoms with Gasteiger partial charge in [-0.1, -0.05) is 32.0 Å². The van der Waals surface area contributed by atoms with E-state index >= 15 is 0 Å². The zero-order valence-electron chi connectivity index (χ0n) is 11.9. The Hall–Kier alpha value is -1.02. The third-order valence-corrected chi connectivity index (χ3v) is 3.99. The summed E-state index contributed by atoms with van der Waals surface area (Å²) >= 11 is 0. The molecule has 1 heterocycles. The van der Waals surface area contributed by atoms with Crippen LogP contribution in [0.25, 0.3) is 0 Å². The van der Waals surface area contributed by atoms with Gasteiger partial charge in [0.2, 0.25) is 0 Å². The lowest BCUT2D eigenvalue weighted by Gasteiger charge is -2.23. The van der Waals surface area contributed by atoms with Gasteiger partial charge in [-0.15, -0.1) is 0 Å². The van der Waals surface area contributed by atoms with Crippen LogP contribution in [0.5, 0.6) is 0 Å². The van der Waals surface area contributed by atoms with Crippen LogP contribution in [0.3, 0.4) is 0 Å². The van der Waals surface area contributed by atoms with Crippen LogP contribution in [0.15, 0.2) is 24.3 Å². The minimum atomic E-state index is 0.518. The molecular formula is C16H26N2. The van der Waals surface area contributed by atoms with Gasteiger partial charge in [-0.2, -0.15) is 0 Å². The second-order valence-corrected chi connectivity index (χ2v) is 5.82. The average molecular weight is 246 g/mol. The van der Waals surface area contributed by atoms with Crippen LogP contribution >= 0.6 is 0 Å². The van der Waals surface area contributed by atoms with Gasteiger partial charge in [-0.05, 0) is 50.4 Å². The lowest BCUT2D eigenvalue weighted by Crippen LogP contribution is -2.24. The Morgan fingerprint density at radius 2 is 1.78 bits per heavy atom. The molecule has 1 unspecified atom stereocenters. The molecule has 2 heteroatoms. The van der Waals surface area contributed by atoms with E-state index in [2.05, 4.69) is 55.3 Å². The fourth-order valence-corrected chi connectivity index (χ4v) is 2.39. The van der Waals surface area contributed by atoms with Crippen molar-refractivity contribution in [2.75, 3.05) is 18.4 Å². The fraction of sp³-hybridized carbons (Fsp3) is 0.625. The maximum absolute atomic E-state index is 3.66. The summed E-state index contributed by atoms with van der Waals surface area (Å²) in [4.78, 5) is 2.56. The molecule has 1 aromatic carbocycles. The minimum Gasteiger partial charge on any atom is -0.382 e. The van der Waals surface area contributed by atoms with E-state index < -0.39 is 0 Å². The van der Waals surface area contributed by atoms with Crippen molar-refractivity contribution in [1.82, 2.24) is 4.90 Å². The summed E-state index contributed by atoms with van der Waals surface area (Å²) in [6.45, 7) is 10.4. The van der Waals surface area contributed by atoms with Gasteiger partial charge >= 0.3 is 0 Å². The average Bonchev–Trinajstić information content (AvgIpc) is 2.84. The van der Waals surface area contributed by atoms with Crippen molar-refractivity contribution in [2.24, 2.45) is 5.92 Å². The number of hydrogen-bond acceptors (Lipinski definition) is 2. The summed E-state index contributed by atoms with van der Waals surface area (Å²) in [5, 5.41) is 3.66. The van der Waals surface area contributed by atoms with Crippen LogP contribution in [0.1, 0.15) is 39.2 Å². The zero-order chi connectivity index (χ0) is 13.0. The maximum atomic E-state index is 3.66. The summed E-state index contributed by atoms with van der Waals surface area (Å²) in [6, 6.07) is 9.27. The molecule has 1 saturated heterocycles. The smallest absolute Gasteiger partial charge is 0.0388 e. The summed E-state index contributed by atoms with van der Waals surface area (Å²) in [7, 11) is 0. The number of nitrogens with one attached hydrogen (secondary N) is 1. The summed E-state index contributed by atoms with van der Waals surface area (Å²) in [6.07, 6.45) is 2.72. The van der Waals surface area contributed by atoms with Gasteiger partial charge in [-0.25, -0.2) is 0 Å². The number of benzene rings is 1. The lowest BCUT2D eigenvalue weighted by molar-refractivity contribution is 0.332. The van der Waals surface area contributed by atoms with Crippen LogP contribution in [0, 0.1) is 5.92 Å². The highest BCUT2D eigenvalue weighted by Gasteiger charge is 2.14. The van der Waals surface area contributed by atoms with Gasteiger partial charge < -0.3 is 5.32 Å². The van der Waals surface area contributed by atoms with Crippen LogP contribution in [-0.4, -0.2) is 24.0 Å². The van der Waals surface area contributed by atoms with Crippen molar-refractivity contribution in [3.8, 4) is 0 Å². The Morgan fingerprint density at radius 3 is 2.44 bits per heavy atom. The van der Waals surface area contributed by atoms with E-state index in [-0.39, 0.29) is 0 Å². The minimum absolute atomic E-state index is 0.518. The molecule has 0 aliphatic carbocycles. The highest BCUT2D eigenvalue weighted by Crippen LogP contribution is 2.21. The van der Waals surface area contributed by atoms with Gasteiger partial charge in [-0.3, -0.25) is 4.90 Å². The molecule has 0 spiro atoms. The number of nitrogens with zero attached hydrogens (tertiary/aromatic N) is 1. The molecule has 0 aromatic heterocycles. The monoisotopic (exact) mass is 246 g/mol. The van der Waals surface area contributed by atoms with E-state index in [0.29, 0.717) is 12.0 Å². The number of para-hydroxylation sites is 1. The zero-order valence-corrected chi connectivity index (χ0v) is 11.9. The van der Waals surface area contributed by atoms with Gasteiger partial charge in [0.25, 0.3) is 0 Å². The van der Waals surface area contributed by atoms with Crippen LogP contribution < -0.4 is 5.32 Å². The van der Waals surface area contributed by atoms with Crippen molar-refractivity contribution in [1.29, 1.82) is 0 Å². The Kier molecular flexibility index (Phi) is 4.65. The molecule has 1 fully saturated rings. The van der Waals surface area contributed by atoms with E-state index in [0.717, 1.165) is 6.54 Å². The molecule has 1 aliphatic heterocycles.